The fourth-order valence-corrected chi connectivity index (χ4v) is 3.30. The van der Waals surface area contributed by atoms with Crippen LogP contribution in [0.5, 0.6) is 0 Å². The van der Waals surface area contributed by atoms with Crippen LogP contribution in [0.4, 0.5) is 5.69 Å². The van der Waals surface area contributed by atoms with Crippen molar-refractivity contribution in [2.75, 3.05) is 37.6 Å². The summed E-state index contributed by atoms with van der Waals surface area (Å²) in [6, 6.07) is 6.58. The van der Waals surface area contributed by atoms with Crippen LogP contribution in [-0.4, -0.2) is 37.6 Å². The van der Waals surface area contributed by atoms with Gasteiger partial charge in [-0.1, -0.05) is 35.8 Å². The number of anilines is 1. The molecule has 3 nitrogen and oxygen atoms in total. The molecule has 0 bridgehead atoms. The molecule has 2 N–H and O–H groups in total. The van der Waals surface area contributed by atoms with Crippen LogP contribution in [0.2, 0.25) is 0 Å². The molecule has 1 rings (SSSR count). The Balaban J connectivity index is 2.66. The topological polar surface area (TPSA) is 32.5 Å². The SMILES string of the molecule is CCN(CC)CCCN(CC)c1ccc([C@@H](C)N)c(Br)c1. The van der Waals surface area contributed by atoms with Crippen molar-refractivity contribution in [2.45, 2.75) is 40.2 Å². The maximum atomic E-state index is 5.97. The molecule has 1 atom stereocenters. The summed E-state index contributed by atoms with van der Waals surface area (Å²) in [6.45, 7) is 14.2. The quantitative estimate of drug-likeness (QED) is 0.725. The lowest BCUT2D eigenvalue weighted by Gasteiger charge is -2.26. The molecular formula is C17H30BrN3. The van der Waals surface area contributed by atoms with E-state index in [0.29, 0.717) is 0 Å². The highest BCUT2D eigenvalue weighted by atomic mass is 79.9. The van der Waals surface area contributed by atoms with Gasteiger partial charge in [-0.15, -0.1) is 0 Å². The number of hydrogen-bond acceptors (Lipinski definition) is 3. The van der Waals surface area contributed by atoms with Gasteiger partial charge in [-0.05, 0) is 57.6 Å². The van der Waals surface area contributed by atoms with Crippen molar-refractivity contribution >= 4 is 21.6 Å². The first-order valence-corrected chi connectivity index (χ1v) is 8.85. The average Bonchev–Trinajstić information content (AvgIpc) is 2.47. The van der Waals surface area contributed by atoms with Gasteiger partial charge in [0.25, 0.3) is 0 Å². The smallest absolute Gasteiger partial charge is 0.0377 e. The highest BCUT2D eigenvalue weighted by Crippen LogP contribution is 2.27. The highest BCUT2D eigenvalue weighted by Gasteiger charge is 2.10. The lowest BCUT2D eigenvalue weighted by atomic mass is 10.1. The third-order valence-electron chi connectivity index (χ3n) is 4.02. The number of hydrogen-bond donors (Lipinski definition) is 1. The second-order valence-electron chi connectivity index (χ2n) is 5.45. The second kappa shape index (κ2) is 9.44. The molecule has 4 heteroatoms. The van der Waals surface area contributed by atoms with Gasteiger partial charge in [-0.25, -0.2) is 0 Å². The predicted octanol–water partition coefficient (Wildman–Crippen LogP) is 4.03. The van der Waals surface area contributed by atoms with Crippen molar-refractivity contribution in [1.29, 1.82) is 0 Å². The minimum atomic E-state index is 0.0613. The van der Waals surface area contributed by atoms with Crippen molar-refractivity contribution in [3.63, 3.8) is 0 Å². The summed E-state index contributed by atoms with van der Waals surface area (Å²) < 4.78 is 1.11. The summed E-state index contributed by atoms with van der Waals surface area (Å²) in [5.41, 5.74) is 8.40. The Kier molecular flexibility index (Phi) is 8.30. The Morgan fingerprint density at radius 2 is 1.76 bits per heavy atom. The molecular weight excluding hydrogens is 326 g/mol. The molecule has 120 valence electrons. The molecule has 0 saturated carbocycles. The van der Waals surface area contributed by atoms with Crippen LogP contribution >= 0.6 is 15.9 Å². The second-order valence-corrected chi connectivity index (χ2v) is 6.31. The molecule has 0 saturated heterocycles. The van der Waals surface area contributed by atoms with Crippen molar-refractivity contribution in [3.8, 4) is 0 Å². The molecule has 0 radical (unpaired) electrons. The van der Waals surface area contributed by atoms with Crippen LogP contribution in [0.1, 0.15) is 45.7 Å². The molecule has 21 heavy (non-hydrogen) atoms. The van der Waals surface area contributed by atoms with Gasteiger partial charge < -0.3 is 15.5 Å². The van der Waals surface area contributed by atoms with Crippen LogP contribution in [-0.2, 0) is 0 Å². The largest absolute Gasteiger partial charge is 0.372 e. The normalized spacial score (nSPS) is 12.7. The summed E-state index contributed by atoms with van der Waals surface area (Å²) in [5, 5.41) is 0. The van der Waals surface area contributed by atoms with E-state index in [1.807, 2.05) is 6.92 Å². The monoisotopic (exact) mass is 355 g/mol. The third-order valence-corrected chi connectivity index (χ3v) is 4.71. The minimum Gasteiger partial charge on any atom is -0.372 e. The van der Waals surface area contributed by atoms with E-state index in [1.165, 1.54) is 18.7 Å². The van der Waals surface area contributed by atoms with Crippen molar-refractivity contribution in [2.24, 2.45) is 5.73 Å². The van der Waals surface area contributed by atoms with Crippen LogP contribution < -0.4 is 10.6 Å². The van der Waals surface area contributed by atoms with Crippen molar-refractivity contribution < 1.29 is 0 Å². The van der Waals surface area contributed by atoms with E-state index in [1.54, 1.807) is 0 Å². The molecule has 0 unspecified atom stereocenters. The van der Waals surface area contributed by atoms with Crippen LogP contribution in [0, 0.1) is 0 Å². The van der Waals surface area contributed by atoms with Crippen molar-refractivity contribution in [1.82, 2.24) is 4.90 Å². The van der Waals surface area contributed by atoms with E-state index in [4.69, 9.17) is 5.73 Å². The van der Waals surface area contributed by atoms with Gasteiger partial charge in [-0.3, -0.25) is 0 Å². The minimum absolute atomic E-state index is 0.0613. The maximum Gasteiger partial charge on any atom is 0.0377 e. The third kappa shape index (κ3) is 5.61. The Labute approximate surface area is 138 Å². The molecule has 0 aliphatic heterocycles. The predicted molar refractivity (Wildman–Crippen MR) is 97.0 cm³/mol. The van der Waals surface area contributed by atoms with E-state index in [9.17, 15) is 0 Å². The summed E-state index contributed by atoms with van der Waals surface area (Å²) in [7, 11) is 0. The fourth-order valence-electron chi connectivity index (χ4n) is 2.58. The summed E-state index contributed by atoms with van der Waals surface area (Å²) >= 11 is 3.64. The van der Waals surface area contributed by atoms with Crippen LogP contribution in [0.25, 0.3) is 0 Å². The summed E-state index contributed by atoms with van der Waals surface area (Å²) in [5.74, 6) is 0. The van der Waals surface area contributed by atoms with Crippen LogP contribution in [0.3, 0.4) is 0 Å². The van der Waals surface area contributed by atoms with Crippen LogP contribution in [0.15, 0.2) is 22.7 Å². The lowest BCUT2D eigenvalue weighted by molar-refractivity contribution is 0.301. The molecule has 0 spiro atoms. The van der Waals surface area contributed by atoms with E-state index in [0.717, 1.165) is 36.2 Å². The van der Waals surface area contributed by atoms with Gasteiger partial charge in [0, 0.05) is 29.3 Å². The molecule has 0 heterocycles. The maximum absolute atomic E-state index is 5.97. The Morgan fingerprint density at radius 1 is 1.10 bits per heavy atom. The first-order chi connectivity index (χ1) is 10.0. The zero-order chi connectivity index (χ0) is 15.8. The van der Waals surface area contributed by atoms with E-state index in [2.05, 4.69) is 64.7 Å². The number of benzene rings is 1. The van der Waals surface area contributed by atoms with E-state index < -0.39 is 0 Å². The molecule has 0 fully saturated rings. The molecule has 0 amide bonds. The van der Waals surface area contributed by atoms with Gasteiger partial charge in [-0.2, -0.15) is 0 Å². The average molecular weight is 356 g/mol. The zero-order valence-corrected chi connectivity index (χ0v) is 15.5. The standard InChI is InChI=1S/C17H30BrN3/c1-5-20(6-2)11-8-12-21(7-3)15-9-10-16(14(4)19)17(18)13-15/h9-10,13-14H,5-8,11-12,19H2,1-4H3/t14-/m1/s1. The summed E-state index contributed by atoms with van der Waals surface area (Å²) in [6.07, 6.45) is 1.20. The Morgan fingerprint density at radius 3 is 2.24 bits per heavy atom. The molecule has 1 aromatic carbocycles. The fraction of sp³-hybridized carbons (Fsp3) is 0.647. The van der Waals surface area contributed by atoms with Gasteiger partial charge in [0.05, 0.1) is 0 Å². The number of nitrogens with two attached hydrogens (primary N) is 1. The van der Waals surface area contributed by atoms with Crippen molar-refractivity contribution in [3.05, 3.63) is 28.2 Å². The zero-order valence-electron chi connectivity index (χ0n) is 13.9. The van der Waals surface area contributed by atoms with Gasteiger partial charge in [0.1, 0.15) is 0 Å². The molecule has 1 aromatic rings. The number of rotatable bonds is 9. The Bertz CT molecular complexity index is 416. The van der Waals surface area contributed by atoms with E-state index >= 15 is 0 Å². The number of halogens is 1. The lowest BCUT2D eigenvalue weighted by Crippen LogP contribution is -2.30. The van der Waals surface area contributed by atoms with Gasteiger partial charge in [0.2, 0.25) is 0 Å². The number of nitrogens with zero attached hydrogens (tertiary/aromatic N) is 2. The Hall–Kier alpha value is -0.580. The molecule has 0 aromatic heterocycles. The first-order valence-electron chi connectivity index (χ1n) is 8.05. The highest BCUT2D eigenvalue weighted by molar-refractivity contribution is 9.10. The summed E-state index contributed by atoms with van der Waals surface area (Å²) in [4.78, 5) is 4.90. The molecule has 0 aliphatic carbocycles. The van der Waals surface area contributed by atoms with Gasteiger partial charge in [0.15, 0.2) is 0 Å². The van der Waals surface area contributed by atoms with E-state index in [-0.39, 0.29) is 6.04 Å². The van der Waals surface area contributed by atoms with Gasteiger partial charge >= 0.3 is 0 Å². The molecule has 0 aliphatic rings. The first kappa shape index (κ1) is 18.5.